The molecule has 1 fully saturated rings. The molecule has 0 unspecified atom stereocenters. The molecule has 4 nitrogen and oxygen atoms in total. The summed E-state index contributed by atoms with van der Waals surface area (Å²) in [5.41, 5.74) is 2.63. The lowest BCUT2D eigenvalue weighted by Crippen LogP contribution is -2.44. The fourth-order valence-electron chi connectivity index (χ4n) is 3.23. The first kappa shape index (κ1) is 15.3. The van der Waals surface area contributed by atoms with Crippen molar-refractivity contribution in [1.29, 1.82) is 0 Å². The lowest BCUT2D eigenvalue weighted by atomic mass is 10.0. The number of likely N-dealkylation sites (tertiary alicyclic amines) is 1. The van der Waals surface area contributed by atoms with E-state index in [1.165, 1.54) is 30.6 Å². The van der Waals surface area contributed by atoms with Crippen LogP contribution < -0.4 is 0 Å². The van der Waals surface area contributed by atoms with Gasteiger partial charge >= 0.3 is 0 Å². The quantitative estimate of drug-likeness (QED) is 0.847. The van der Waals surface area contributed by atoms with Crippen molar-refractivity contribution >= 4 is 0 Å². The van der Waals surface area contributed by atoms with E-state index in [1.54, 1.807) is 0 Å². The molecule has 0 spiro atoms. The average Bonchev–Trinajstić information content (AvgIpc) is 2.95. The highest BCUT2D eigenvalue weighted by atomic mass is 15.2. The van der Waals surface area contributed by atoms with Crippen LogP contribution in [-0.2, 0) is 13.1 Å². The van der Waals surface area contributed by atoms with Gasteiger partial charge < -0.3 is 9.47 Å². The van der Waals surface area contributed by atoms with Gasteiger partial charge in [0.15, 0.2) is 0 Å². The van der Waals surface area contributed by atoms with E-state index < -0.39 is 0 Å². The Morgan fingerprint density at radius 2 is 2.00 bits per heavy atom. The molecule has 1 aromatic heterocycles. The van der Waals surface area contributed by atoms with E-state index in [-0.39, 0.29) is 0 Å². The SMILES string of the molecule is CN(C)[C@H]1CCCN(Cc2cncn2Cc2ccccc2)C1. The van der Waals surface area contributed by atoms with Crippen LogP contribution in [0, 0.1) is 0 Å². The number of hydrogen-bond acceptors (Lipinski definition) is 3. The van der Waals surface area contributed by atoms with Crippen LogP contribution >= 0.6 is 0 Å². The fourth-order valence-corrected chi connectivity index (χ4v) is 3.23. The minimum absolute atomic E-state index is 0.680. The highest BCUT2D eigenvalue weighted by molar-refractivity contribution is 5.16. The molecular formula is C18H26N4. The Labute approximate surface area is 133 Å². The van der Waals surface area contributed by atoms with Crippen molar-refractivity contribution in [1.82, 2.24) is 19.4 Å². The van der Waals surface area contributed by atoms with Gasteiger partial charge in [-0.1, -0.05) is 30.3 Å². The van der Waals surface area contributed by atoms with Gasteiger partial charge in [-0.15, -0.1) is 0 Å². The van der Waals surface area contributed by atoms with Crippen molar-refractivity contribution in [2.24, 2.45) is 0 Å². The summed E-state index contributed by atoms with van der Waals surface area (Å²) in [6, 6.07) is 11.3. The lowest BCUT2D eigenvalue weighted by Gasteiger charge is -2.36. The van der Waals surface area contributed by atoms with Gasteiger partial charge in [0.05, 0.1) is 12.0 Å². The van der Waals surface area contributed by atoms with Crippen LogP contribution in [0.2, 0.25) is 0 Å². The van der Waals surface area contributed by atoms with Crippen molar-refractivity contribution < 1.29 is 0 Å². The maximum absolute atomic E-state index is 4.36. The first-order chi connectivity index (χ1) is 10.7. The molecule has 1 atom stereocenters. The zero-order valence-corrected chi connectivity index (χ0v) is 13.7. The lowest BCUT2D eigenvalue weighted by molar-refractivity contribution is 0.126. The third kappa shape index (κ3) is 3.76. The fraction of sp³-hybridized carbons (Fsp3) is 0.500. The summed E-state index contributed by atoms with van der Waals surface area (Å²) in [5.74, 6) is 0. The van der Waals surface area contributed by atoms with Gasteiger partial charge in [-0.25, -0.2) is 4.98 Å². The minimum Gasteiger partial charge on any atom is -0.329 e. The van der Waals surface area contributed by atoms with E-state index >= 15 is 0 Å². The summed E-state index contributed by atoms with van der Waals surface area (Å²) in [6.07, 6.45) is 6.57. The Bertz CT molecular complexity index is 576. The Morgan fingerprint density at radius 3 is 2.77 bits per heavy atom. The number of hydrogen-bond donors (Lipinski definition) is 0. The molecule has 1 saturated heterocycles. The highest BCUT2D eigenvalue weighted by Gasteiger charge is 2.22. The van der Waals surface area contributed by atoms with E-state index in [2.05, 4.69) is 63.8 Å². The van der Waals surface area contributed by atoms with Crippen molar-refractivity contribution in [3.05, 3.63) is 54.1 Å². The molecule has 2 aromatic rings. The van der Waals surface area contributed by atoms with Crippen LogP contribution in [-0.4, -0.2) is 52.6 Å². The predicted molar refractivity (Wildman–Crippen MR) is 89.8 cm³/mol. The smallest absolute Gasteiger partial charge is 0.0951 e. The number of imidazole rings is 1. The minimum atomic E-state index is 0.680. The van der Waals surface area contributed by atoms with Gasteiger partial charge in [0.1, 0.15) is 0 Å². The number of benzene rings is 1. The Morgan fingerprint density at radius 1 is 1.18 bits per heavy atom. The molecule has 1 aromatic carbocycles. The third-order valence-corrected chi connectivity index (χ3v) is 4.59. The van der Waals surface area contributed by atoms with Gasteiger partial charge in [0.25, 0.3) is 0 Å². The van der Waals surface area contributed by atoms with Crippen LogP contribution in [0.1, 0.15) is 24.1 Å². The van der Waals surface area contributed by atoms with E-state index in [0.29, 0.717) is 6.04 Å². The van der Waals surface area contributed by atoms with Crippen LogP contribution in [0.25, 0.3) is 0 Å². The molecule has 22 heavy (non-hydrogen) atoms. The Hall–Kier alpha value is -1.65. The highest BCUT2D eigenvalue weighted by Crippen LogP contribution is 2.17. The monoisotopic (exact) mass is 298 g/mol. The van der Waals surface area contributed by atoms with Gasteiger partial charge in [-0.3, -0.25) is 4.90 Å². The summed E-state index contributed by atoms with van der Waals surface area (Å²) in [4.78, 5) is 9.28. The topological polar surface area (TPSA) is 24.3 Å². The zero-order valence-electron chi connectivity index (χ0n) is 13.7. The summed E-state index contributed by atoms with van der Waals surface area (Å²) < 4.78 is 2.27. The van der Waals surface area contributed by atoms with E-state index in [1.807, 2.05) is 12.5 Å². The number of nitrogens with zero attached hydrogens (tertiary/aromatic N) is 4. The number of likely N-dealkylation sites (N-methyl/N-ethyl adjacent to an activating group) is 1. The summed E-state index contributed by atoms with van der Waals surface area (Å²) in [7, 11) is 4.38. The second-order valence-electron chi connectivity index (χ2n) is 6.49. The number of aromatic nitrogens is 2. The maximum Gasteiger partial charge on any atom is 0.0951 e. The molecule has 4 heteroatoms. The normalized spacial score (nSPS) is 19.7. The first-order valence-electron chi connectivity index (χ1n) is 8.14. The zero-order chi connectivity index (χ0) is 15.4. The van der Waals surface area contributed by atoms with Crippen molar-refractivity contribution in [3.63, 3.8) is 0 Å². The number of piperidine rings is 1. The molecule has 0 amide bonds. The Kier molecular flexibility index (Phi) is 4.90. The van der Waals surface area contributed by atoms with Gasteiger partial charge in [0.2, 0.25) is 0 Å². The van der Waals surface area contributed by atoms with Crippen LogP contribution in [0.5, 0.6) is 0 Å². The molecule has 0 saturated carbocycles. The van der Waals surface area contributed by atoms with Crippen LogP contribution in [0.3, 0.4) is 0 Å². The van der Waals surface area contributed by atoms with Gasteiger partial charge in [-0.2, -0.15) is 0 Å². The van der Waals surface area contributed by atoms with Crippen molar-refractivity contribution in [3.8, 4) is 0 Å². The molecule has 1 aliphatic heterocycles. The molecular weight excluding hydrogens is 272 g/mol. The van der Waals surface area contributed by atoms with Gasteiger partial charge in [-0.05, 0) is 39.0 Å². The second kappa shape index (κ2) is 7.07. The van der Waals surface area contributed by atoms with E-state index in [9.17, 15) is 0 Å². The van der Waals surface area contributed by atoms with Crippen molar-refractivity contribution in [2.45, 2.75) is 32.0 Å². The maximum atomic E-state index is 4.36. The second-order valence-corrected chi connectivity index (χ2v) is 6.49. The molecule has 0 N–H and O–H groups in total. The molecule has 118 valence electrons. The molecule has 2 heterocycles. The molecule has 3 rings (SSSR count). The van der Waals surface area contributed by atoms with E-state index in [0.717, 1.165) is 19.6 Å². The molecule has 0 aliphatic carbocycles. The van der Waals surface area contributed by atoms with E-state index in [4.69, 9.17) is 0 Å². The van der Waals surface area contributed by atoms with Crippen LogP contribution in [0.15, 0.2) is 42.9 Å². The summed E-state index contributed by atoms with van der Waals surface area (Å²) >= 11 is 0. The molecule has 0 radical (unpaired) electrons. The Balaban J connectivity index is 1.65. The summed E-state index contributed by atoms with van der Waals surface area (Å²) in [6.45, 7) is 4.25. The molecule has 1 aliphatic rings. The standard InChI is InChI=1S/C18H26N4/c1-20(2)17-9-6-10-21(13-17)14-18-11-19-15-22(18)12-16-7-4-3-5-8-16/h3-5,7-8,11,15,17H,6,9-10,12-14H2,1-2H3/t17-/m0/s1. The van der Waals surface area contributed by atoms with Crippen LogP contribution in [0.4, 0.5) is 0 Å². The first-order valence-corrected chi connectivity index (χ1v) is 8.14. The predicted octanol–water partition coefficient (Wildman–Crippen LogP) is 2.46. The summed E-state index contributed by atoms with van der Waals surface area (Å²) in [5, 5.41) is 0. The van der Waals surface area contributed by atoms with Gasteiger partial charge in [0, 0.05) is 31.9 Å². The number of rotatable bonds is 5. The molecule has 0 bridgehead atoms. The average molecular weight is 298 g/mol. The van der Waals surface area contributed by atoms with Crippen molar-refractivity contribution in [2.75, 3.05) is 27.2 Å². The third-order valence-electron chi connectivity index (χ3n) is 4.59. The largest absolute Gasteiger partial charge is 0.329 e.